The standard InChI is InChI=1S/C18H28N4OS/c1-13-18(14(2)21-20-13)19-17(23)11-22-9-8-15(10-22)12-24-16-6-4-3-5-7-16/h3-7,13-15,18,20-21H,8-12H2,1-2H3,(H,19,23). The molecule has 2 aliphatic rings. The molecule has 0 spiro atoms. The van der Waals surface area contributed by atoms with Crippen LogP contribution < -0.4 is 16.2 Å². The first-order valence-corrected chi connectivity index (χ1v) is 9.81. The average Bonchev–Trinajstić information content (AvgIpc) is 3.15. The third-order valence-corrected chi connectivity index (χ3v) is 6.15. The highest BCUT2D eigenvalue weighted by molar-refractivity contribution is 7.99. The van der Waals surface area contributed by atoms with Gasteiger partial charge in [0.15, 0.2) is 0 Å². The van der Waals surface area contributed by atoms with E-state index in [-0.39, 0.29) is 24.0 Å². The van der Waals surface area contributed by atoms with Crippen LogP contribution in [0.15, 0.2) is 35.2 Å². The van der Waals surface area contributed by atoms with Crippen LogP contribution in [-0.2, 0) is 4.79 Å². The number of carbonyl (C=O) groups is 1. The van der Waals surface area contributed by atoms with E-state index in [1.165, 1.54) is 11.3 Å². The number of thioether (sulfide) groups is 1. The van der Waals surface area contributed by atoms with Crippen LogP contribution in [0.5, 0.6) is 0 Å². The predicted molar refractivity (Wildman–Crippen MR) is 98.8 cm³/mol. The number of benzene rings is 1. The first-order chi connectivity index (χ1) is 11.6. The lowest BCUT2D eigenvalue weighted by Crippen LogP contribution is -2.49. The fourth-order valence-electron chi connectivity index (χ4n) is 3.48. The lowest BCUT2D eigenvalue weighted by Gasteiger charge is -2.22. The van der Waals surface area contributed by atoms with Crippen LogP contribution in [0, 0.1) is 5.92 Å². The van der Waals surface area contributed by atoms with Crippen LogP contribution in [0.3, 0.4) is 0 Å². The van der Waals surface area contributed by atoms with Crippen molar-refractivity contribution < 1.29 is 4.79 Å². The van der Waals surface area contributed by atoms with E-state index in [0.29, 0.717) is 12.5 Å². The molecule has 24 heavy (non-hydrogen) atoms. The Bertz CT molecular complexity index is 531. The second-order valence-corrected chi connectivity index (χ2v) is 8.07. The summed E-state index contributed by atoms with van der Waals surface area (Å²) in [6.07, 6.45) is 1.19. The van der Waals surface area contributed by atoms with Crippen LogP contribution in [0.4, 0.5) is 0 Å². The molecule has 0 saturated carbocycles. The summed E-state index contributed by atoms with van der Waals surface area (Å²) in [6.45, 7) is 6.75. The number of rotatable bonds is 6. The maximum Gasteiger partial charge on any atom is 0.234 e. The van der Waals surface area contributed by atoms with Gasteiger partial charge in [-0.1, -0.05) is 18.2 Å². The minimum absolute atomic E-state index is 0.139. The lowest BCUT2D eigenvalue weighted by molar-refractivity contribution is -0.122. The number of nitrogens with zero attached hydrogens (tertiary/aromatic N) is 1. The molecule has 2 aliphatic heterocycles. The Morgan fingerprint density at radius 3 is 2.67 bits per heavy atom. The molecule has 1 aromatic rings. The Morgan fingerprint density at radius 2 is 1.96 bits per heavy atom. The molecule has 3 N–H and O–H groups in total. The normalized spacial score (nSPS) is 30.6. The van der Waals surface area contributed by atoms with Gasteiger partial charge in [-0.2, -0.15) is 0 Å². The summed E-state index contributed by atoms with van der Waals surface area (Å²) in [5.41, 5.74) is 6.35. The summed E-state index contributed by atoms with van der Waals surface area (Å²) in [6, 6.07) is 11.2. The van der Waals surface area contributed by atoms with E-state index < -0.39 is 0 Å². The Kier molecular flexibility index (Phi) is 6.16. The van der Waals surface area contributed by atoms with E-state index in [4.69, 9.17) is 0 Å². The summed E-state index contributed by atoms with van der Waals surface area (Å²) >= 11 is 1.92. The van der Waals surface area contributed by atoms with Gasteiger partial charge in [-0.15, -0.1) is 11.8 Å². The van der Waals surface area contributed by atoms with Crippen molar-refractivity contribution in [3.63, 3.8) is 0 Å². The van der Waals surface area contributed by atoms with Crippen molar-refractivity contribution in [2.24, 2.45) is 5.92 Å². The van der Waals surface area contributed by atoms with E-state index in [0.717, 1.165) is 18.8 Å². The number of nitrogens with one attached hydrogen (secondary N) is 3. The summed E-state index contributed by atoms with van der Waals surface area (Å²) in [4.78, 5) is 15.9. The number of carbonyl (C=O) groups excluding carboxylic acids is 1. The highest BCUT2D eigenvalue weighted by Gasteiger charge is 2.32. The Morgan fingerprint density at radius 1 is 1.25 bits per heavy atom. The van der Waals surface area contributed by atoms with Gasteiger partial charge >= 0.3 is 0 Å². The van der Waals surface area contributed by atoms with Crippen molar-refractivity contribution in [2.75, 3.05) is 25.4 Å². The number of hydrazine groups is 1. The van der Waals surface area contributed by atoms with E-state index in [2.05, 4.69) is 65.2 Å². The molecular formula is C18H28N4OS. The minimum atomic E-state index is 0.139. The van der Waals surface area contributed by atoms with E-state index >= 15 is 0 Å². The largest absolute Gasteiger partial charge is 0.349 e. The van der Waals surface area contributed by atoms with Crippen molar-refractivity contribution in [3.8, 4) is 0 Å². The molecule has 3 rings (SSSR count). The monoisotopic (exact) mass is 348 g/mol. The minimum Gasteiger partial charge on any atom is -0.349 e. The molecule has 3 unspecified atom stereocenters. The Balaban J connectivity index is 1.38. The van der Waals surface area contributed by atoms with E-state index in [1.54, 1.807) is 0 Å². The summed E-state index contributed by atoms with van der Waals surface area (Å²) in [5, 5.41) is 3.17. The first-order valence-electron chi connectivity index (χ1n) is 8.82. The SMILES string of the molecule is CC1NNC(C)C1NC(=O)CN1CCC(CSc2ccccc2)C1. The van der Waals surface area contributed by atoms with Crippen molar-refractivity contribution >= 4 is 17.7 Å². The lowest BCUT2D eigenvalue weighted by atomic mass is 10.1. The van der Waals surface area contributed by atoms with Crippen LogP contribution in [-0.4, -0.2) is 54.3 Å². The zero-order valence-electron chi connectivity index (χ0n) is 14.5. The van der Waals surface area contributed by atoms with Gasteiger partial charge < -0.3 is 5.32 Å². The molecule has 132 valence electrons. The molecule has 5 nitrogen and oxygen atoms in total. The molecule has 6 heteroatoms. The quantitative estimate of drug-likeness (QED) is 0.680. The zero-order chi connectivity index (χ0) is 16.9. The topological polar surface area (TPSA) is 56.4 Å². The fraction of sp³-hybridized carbons (Fsp3) is 0.611. The van der Waals surface area contributed by atoms with Gasteiger partial charge in [-0.05, 0) is 44.9 Å². The second-order valence-electron chi connectivity index (χ2n) is 6.97. The fourth-order valence-corrected chi connectivity index (χ4v) is 4.53. The second kappa shape index (κ2) is 8.34. The van der Waals surface area contributed by atoms with Crippen molar-refractivity contribution in [1.29, 1.82) is 0 Å². The molecule has 1 amide bonds. The first kappa shape index (κ1) is 17.7. The summed E-state index contributed by atoms with van der Waals surface area (Å²) in [7, 11) is 0. The number of hydrogen-bond acceptors (Lipinski definition) is 5. The summed E-state index contributed by atoms with van der Waals surface area (Å²) < 4.78 is 0. The van der Waals surface area contributed by atoms with Gasteiger partial charge in [0.05, 0.1) is 12.6 Å². The van der Waals surface area contributed by atoms with Crippen LogP contribution in [0.1, 0.15) is 20.3 Å². The molecule has 1 aromatic carbocycles. The smallest absolute Gasteiger partial charge is 0.234 e. The van der Waals surface area contributed by atoms with Crippen LogP contribution >= 0.6 is 11.8 Å². The maximum atomic E-state index is 12.3. The number of hydrogen-bond donors (Lipinski definition) is 3. The van der Waals surface area contributed by atoms with Crippen molar-refractivity contribution in [1.82, 2.24) is 21.1 Å². The molecule has 0 aliphatic carbocycles. The number of likely N-dealkylation sites (tertiary alicyclic amines) is 1. The highest BCUT2D eigenvalue weighted by atomic mass is 32.2. The molecule has 3 atom stereocenters. The van der Waals surface area contributed by atoms with Gasteiger partial charge in [-0.3, -0.25) is 20.5 Å². The Labute approximate surface area is 148 Å². The highest BCUT2D eigenvalue weighted by Crippen LogP contribution is 2.25. The van der Waals surface area contributed by atoms with E-state index in [9.17, 15) is 4.79 Å². The molecule has 0 aromatic heterocycles. The zero-order valence-corrected chi connectivity index (χ0v) is 15.3. The maximum absolute atomic E-state index is 12.3. The van der Waals surface area contributed by atoms with Crippen LogP contribution in [0.2, 0.25) is 0 Å². The van der Waals surface area contributed by atoms with Crippen LogP contribution in [0.25, 0.3) is 0 Å². The van der Waals surface area contributed by atoms with Gasteiger partial charge in [-0.25, -0.2) is 0 Å². The molecule has 2 fully saturated rings. The van der Waals surface area contributed by atoms with Gasteiger partial charge in [0, 0.05) is 29.3 Å². The van der Waals surface area contributed by atoms with Crippen molar-refractivity contribution in [3.05, 3.63) is 30.3 Å². The third-order valence-electron chi connectivity index (χ3n) is 4.91. The average molecular weight is 349 g/mol. The van der Waals surface area contributed by atoms with Gasteiger partial charge in [0.1, 0.15) is 0 Å². The number of amides is 1. The van der Waals surface area contributed by atoms with Crippen molar-refractivity contribution in [2.45, 2.75) is 43.3 Å². The third kappa shape index (κ3) is 4.72. The molecule has 2 heterocycles. The molecular weight excluding hydrogens is 320 g/mol. The van der Waals surface area contributed by atoms with Gasteiger partial charge in [0.25, 0.3) is 0 Å². The molecule has 0 bridgehead atoms. The summed E-state index contributed by atoms with van der Waals surface area (Å²) in [5.74, 6) is 1.95. The van der Waals surface area contributed by atoms with Gasteiger partial charge in [0.2, 0.25) is 5.91 Å². The molecule has 2 saturated heterocycles. The Hall–Kier alpha value is -1.08. The predicted octanol–water partition coefficient (Wildman–Crippen LogP) is 1.47. The van der Waals surface area contributed by atoms with E-state index in [1.807, 2.05) is 11.8 Å². The molecule has 0 radical (unpaired) electrons.